The Balaban J connectivity index is 1.37. The van der Waals surface area contributed by atoms with E-state index in [0.717, 1.165) is 36.2 Å². The first-order valence-corrected chi connectivity index (χ1v) is 9.10. The predicted octanol–water partition coefficient (Wildman–Crippen LogP) is 3.09. The number of carbonyl (C=O) groups is 1. The molecule has 2 heterocycles. The molecular weight excluding hydrogens is 310 g/mol. The zero-order valence-electron chi connectivity index (χ0n) is 14.9. The van der Waals surface area contributed by atoms with Gasteiger partial charge in [-0.2, -0.15) is 0 Å². The minimum absolute atomic E-state index is 0.0724. The molecule has 4 nitrogen and oxygen atoms in total. The van der Waals surface area contributed by atoms with Crippen LogP contribution in [0.25, 0.3) is 0 Å². The Hall–Kier alpha value is -2.20. The molecule has 1 saturated carbocycles. The molecule has 1 saturated heterocycles. The van der Waals surface area contributed by atoms with Gasteiger partial charge in [0.05, 0.1) is 0 Å². The first-order chi connectivity index (χ1) is 12.1. The van der Waals surface area contributed by atoms with Crippen molar-refractivity contribution in [2.45, 2.75) is 45.3 Å². The summed E-state index contributed by atoms with van der Waals surface area (Å²) in [5, 5.41) is 3.29. The zero-order chi connectivity index (χ0) is 17.4. The van der Waals surface area contributed by atoms with Crippen LogP contribution < -0.4 is 5.32 Å². The number of nitrogens with zero attached hydrogens (tertiary/aromatic N) is 2. The number of hydrogen-bond donors (Lipinski definition) is 1. The molecule has 2 aliphatic rings. The molecule has 1 N–H and O–H groups in total. The number of piperidine rings is 1. The summed E-state index contributed by atoms with van der Waals surface area (Å²) in [7, 11) is 0. The standard InChI is InChI=1S/C21H25N3O/c1-14-6-15(2)8-17(7-14)21(25)23-20-10-19-9-18(20)13-24(19)12-16-4-3-5-22-11-16/h3-8,11,18-20H,9-10,12-13H2,1-2H3,(H,23,25)/t18-,19+,20-/m0/s1. The highest BCUT2D eigenvalue weighted by atomic mass is 16.1. The van der Waals surface area contributed by atoms with Gasteiger partial charge in [0.2, 0.25) is 0 Å². The zero-order valence-corrected chi connectivity index (χ0v) is 14.9. The maximum absolute atomic E-state index is 12.6. The van der Waals surface area contributed by atoms with Crippen LogP contribution in [-0.4, -0.2) is 34.4 Å². The number of rotatable bonds is 4. The van der Waals surface area contributed by atoms with Gasteiger partial charge in [0.1, 0.15) is 0 Å². The summed E-state index contributed by atoms with van der Waals surface area (Å²) in [6.45, 7) is 6.11. The monoisotopic (exact) mass is 335 g/mol. The number of amides is 1. The average molecular weight is 335 g/mol. The Labute approximate surface area is 149 Å². The number of aryl methyl sites for hydroxylation is 2. The molecule has 130 valence electrons. The third-order valence-electron chi connectivity index (χ3n) is 5.56. The van der Waals surface area contributed by atoms with Gasteiger partial charge in [0.15, 0.2) is 0 Å². The van der Waals surface area contributed by atoms with E-state index in [1.807, 2.05) is 44.4 Å². The second-order valence-corrected chi connectivity index (χ2v) is 7.63. The minimum atomic E-state index is 0.0724. The van der Waals surface area contributed by atoms with Crippen molar-refractivity contribution in [3.05, 3.63) is 65.0 Å². The van der Waals surface area contributed by atoms with Crippen molar-refractivity contribution in [2.24, 2.45) is 5.92 Å². The van der Waals surface area contributed by atoms with Crippen LogP contribution in [0.2, 0.25) is 0 Å². The van der Waals surface area contributed by atoms with E-state index in [1.165, 1.54) is 12.0 Å². The van der Waals surface area contributed by atoms with Crippen molar-refractivity contribution in [3.8, 4) is 0 Å². The van der Waals surface area contributed by atoms with Crippen LogP contribution >= 0.6 is 0 Å². The third kappa shape index (κ3) is 3.45. The molecule has 2 fully saturated rings. The van der Waals surface area contributed by atoms with E-state index in [-0.39, 0.29) is 5.91 Å². The van der Waals surface area contributed by atoms with Crippen LogP contribution in [0.4, 0.5) is 0 Å². The van der Waals surface area contributed by atoms with Gasteiger partial charge in [0.25, 0.3) is 5.91 Å². The fourth-order valence-electron chi connectivity index (χ4n) is 4.50. The van der Waals surface area contributed by atoms with Crippen LogP contribution in [0, 0.1) is 19.8 Å². The first-order valence-electron chi connectivity index (χ1n) is 9.10. The molecule has 4 rings (SSSR count). The summed E-state index contributed by atoms with van der Waals surface area (Å²) < 4.78 is 0. The van der Waals surface area contributed by atoms with Crippen molar-refractivity contribution in [2.75, 3.05) is 6.54 Å². The molecule has 0 spiro atoms. The number of carbonyl (C=O) groups excluding carboxylic acids is 1. The highest BCUT2D eigenvalue weighted by molar-refractivity contribution is 5.94. The van der Waals surface area contributed by atoms with Gasteiger partial charge in [0, 0.05) is 43.1 Å². The van der Waals surface area contributed by atoms with Crippen molar-refractivity contribution in [3.63, 3.8) is 0 Å². The summed E-state index contributed by atoms with van der Waals surface area (Å²) in [4.78, 5) is 19.4. The molecule has 1 amide bonds. The molecule has 0 radical (unpaired) electrons. The summed E-state index contributed by atoms with van der Waals surface area (Å²) in [6.07, 6.45) is 6.02. The lowest BCUT2D eigenvalue weighted by atomic mass is 10.0. The molecule has 1 aliphatic carbocycles. The van der Waals surface area contributed by atoms with E-state index >= 15 is 0 Å². The van der Waals surface area contributed by atoms with Gasteiger partial charge in [-0.1, -0.05) is 23.3 Å². The van der Waals surface area contributed by atoms with Crippen molar-refractivity contribution in [1.82, 2.24) is 15.2 Å². The maximum Gasteiger partial charge on any atom is 0.251 e. The Morgan fingerprint density at radius 1 is 1.24 bits per heavy atom. The SMILES string of the molecule is Cc1cc(C)cc(C(=O)N[C@H]2C[C@H]3C[C@H]2CN3Cc2cccnc2)c1. The predicted molar refractivity (Wildman–Crippen MR) is 98.3 cm³/mol. The number of benzene rings is 1. The highest BCUT2D eigenvalue weighted by Crippen LogP contribution is 2.38. The summed E-state index contributed by atoms with van der Waals surface area (Å²) in [6, 6.07) is 11.1. The topological polar surface area (TPSA) is 45.2 Å². The second kappa shape index (κ2) is 6.60. The molecule has 1 aromatic carbocycles. The largest absolute Gasteiger partial charge is 0.349 e. The average Bonchev–Trinajstić information content (AvgIpc) is 3.14. The number of hydrogen-bond acceptors (Lipinski definition) is 3. The maximum atomic E-state index is 12.6. The van der Waals surface area contributed by atoms with Gasteiger partial charge >= 0.3 is 0 Å². The van der Waals surface area contributed by atoms with Gasteiger partial charge in [-0.05, 0) is 56.4 Å². The molecular formula is C21H25N3O. The lowest BCUT2D eigenvalue weighted by Crippen LogP contribution is -2.45. The van der Waals surface area contributed by atoms with Crippen LogP contribution in [-0.2, 0) is 6.54 Å². The van der Waals surface area contributed by atoms with E-state index in [1.54, 1.807) is 0 Å². The fourth-order valence-corrected chi connectivity index (χ4v) is 4.50. The van der Waals surface area contributed by atoms with E-state index in [0.29, 0.717) is 18.0 Å². The van der Waals surface area contributed by atoms with Crippen molar-refractivity contribution < 1.29 is 4.79 Å². The lowest BCUT2D eigenvalue weighted by molar-refractivity contribution is 0.0903. The quantitative estimate of drug-likeness (QED) is 0.934. The van der Waals surface area contributed by atoms with Crippen LogP contribution in [0.1, 0.15) is 39.9 Å². The van der Waals surface area contributed by atoms with Crippen LogP contribution in [0.5, 0.6) is 0 Å². The minimum Gasteiger partial charge on any atom is -0.349 e. The summed E-state index contributed by atoms with van der Waals surface area (Å²) in [5.41, 5.74) is 4.33. The Morgan fingerprint density at radius 3 is 2.68 bits per heavy atom. The number of fused-ring (bicyclic) bond motifs is 2. The van der Waals surface area contributed by atoms with E-state index < -0.39 is 0 Å². The van der Waals surface area contributed by atoms with Crippen molar-refractivity contribution >= 4 is 5.91 Å². The Bertz CT molecular complexity index is 754. The molecule has 25 heavy (non-hydrogen) atoms. The first kappa shape index (κ1) is 16.3. The van der Waals surface area contributed by atoms with Crippen LogP contribution in [0.3, 0.4) is 0 Å². The number of pyridine rings is 1. The highest BCUT2D eigenvalue weighted by Gasteiger charge is 2.44. The van der Waals surface area contributed by atoms with Crippen molar-refractivity contribution in [1.29, 1.82) is 0 Å². The van der Waals surface area contributed by atoms with Gasteiger partial charge in [-0.25, -0.2) is 0 Å². The number of aromatic nitrogens is 1. The van der Waals surface area contributed by atoms with Gasteiger partial charge < -0.3 is 5.32 Å². The summed E-state index contributed by atoms with van der Waals surface area (Å²) >= 11 is 0. The molecule has 2 bridgehead atoms. The molecule has 2 aromatic rings. The normalized spacial score (nSPS) is 25.3. The van der Waals surface area contributed by atoms with E-state index in [4.69, 9.17) is 0 Å². The lowest BCUT2D eigenvalue weighted by Gasteiger charge is -2.32. The molecule has 0 unspecified atom stereocenters. The second-order valence-electron chi connectivity index (χ2n) is 7.63. The fraction of sp³-hybridized carbons (Fsp3) is 0.429. The Morgan fingerprint density at radius 2 is 2.04 bits per heavy atom. The van der Waals surface area contributed by atoms with Gasteiger partial charge in [-0.3, -0.25) is 14.7 Å². The molecule has 4 heteroatoms. The molecule has 1 aromatic heterocycles. The number of nitrogens with one attached hydrogen (secondary N) is 1. The van der Waals surface area contributed by atoms with Gasteiger partial charge in [-0.15, -0.1) is 0 Å². The van der Waals surface area contributed by atoms with E-state index in [2.05, 4.69) is 27.3 Å². The van der Waals surface area contributed by atoms with E-state index in [9.17, 15) is 4.79 Å². The number of likely N-dealkylation sites (tertiary alicyclic amines) is 1. The Kier molecular flexibility index (Phi) is 4.30. The third-order valence-corrected chi connectivity index (χ3v) is 5.56. The molecule has 3 atom stereocenters. The molecule has 1 aliphatic heterocycles. The smallest absolute Gasteiger partial charge is 0.251 e. The summed E-state index contributed by atoms with van der Waals surface area (Å²) in [5.74, 6) is 0.639. The van der Waals surface area contributed by atoms with Crippen LogP contribution in [0.15, 0.2) is 42.7 Å².